The van der Waals surface area contributed by atoms with Crippen LogP contribution in [0.5, 0.6) is 0 Å². The summed E-state index contributed by atoms with van der Waals surface area (Å²) < 4.78 is 177. The lowest BCUT2D eigenvalue weighted by atomic mass is 10.1. The van der Waals surface area contributed by atoms with Gasteiger partial charge in [-0.15, -0.1) is 0 Å². The molecule has 0 aliphatic heterocycles. The summed E-state index contributed by atoms with van der Waals surface area (Å²) in [6.07, 6.45) is -30.8. The first-order valence-electron chi connectivity index (χ1n) is 10.5. The predicted octanol–water partition coefficient (Wildman–Crippen LogP) is 7.35. The third-order valence-corrected chi connectivity index (χ3v) is 6.23. The van der Waals surface area contributed by atoms with E-state index >= 15 is 0 Å². The van der Waals surface area contributed by atoms with E-state index < -0.39 is 58.6 Å². The number of nitrogens with zero attached hydrogens (tertiary/aromatic N) is 1. The van der Waals surface area contributed by atoms with Gasteiger partial charge in [-0.2, -0.15) is 52.7 Å². The van der Waals surface area contributed by atoms with Crippen LogP contribution in [0.2, 0.25) is 6.04 Å². The molecule has 19 heteroatoms. The van der Waals surface area contributed by atoms with Crippen LogP contribution >= 0.6 is 0 Å². The van der Waals surface area contributed by atoms with Gasteiger partial charge < -0.3 is 23.2 Å². The van der Waals surface area contributed by atoms with Gasteiger partial charge in [-0.25, -0.2) is 4.39 Å². The summed E-state index contributed by atoms with van der Waals surface area (Å²) in [5.41, 5.74) is 0. The minimum absolute atomic E-state index is 0. The smallest absolute Gasteiger partial charge is 0.514 e. The molecule has 0 spiro atoms. The fraction of sp³-hybridized carbons (Fsp3) is 1.00. The monoisotopic (exact) mass is 601 g/mol. The molecule has 0 atom stereocenters. The molecule has 0 fully saturated rings. The molecular weight excluding hydrogens is 569 g/mol. The Morgan fingerprint density at radius 2 is 0.919 bits per heavy atom. The highest BCUT2D eigenvalue weighted by atomic mass is 28.4. The Morgan fingerprint density at radius 3 is 1.22 bits per heavy atom. The van der Waals surface area contributed by atoms with Gasteiger partial charge in [0.25, 0.3) is 0 Å². The number of halogens is 13. The van der Waals surface area contributed by atoms with E-state index in [1.165, 1.54) is 0 Å². The normalized spacial score (nSPS) is 14.1. The van der Waals surface area contributed by atoms with Crippen LogP contribution in [-0.2, 0) is 13.3 Å². The van der Waals surface area contributed by atoms with Crippen LogP contribution in [0.3, 0.4) is 0 Å². The molecule has 0 heterocycles. The third kappa shape index (κ3) is 17.3. The van der Waals surface area contributed by atoms with E-state index in [2.05, 4.69) is 41.5 Å². The van der Waals surface area contributed by atoms with E-state index in [4.69, 9.17) is 0 Å². The van der Waals surface area contributed by atoms with Crippen molar-refractivity contribution in [2.75, 3.05) is 34.9 Å². The van der Waals surface area contributed by atoms with E-state index in [0.717, 1.165) is 4.48 Å². The predicted molar refractivity (Wildman–Crippen MR) is 106 cm³/mol. The van der Waals surface area contributed by atoms with Crippen molar-refractivity contribution in [3.63, 3.8) is 0 Å². The van der Waals surface area contributed by atoms with Crippen LogP contribution in [0.25, 0.3) is 0 Å². The molecule has 0 aromatic heterocycles. The standard InChI is InChI=1S/C14H19F13O3Si.C4H12N.H2O/c1-2-3-4-5-6-7-8-31(28-10(16,17)9-15,29-13(24,25)11(18,19)20)30-14(26,27)12(21,22)23;1-5(2,3)4;/h2-9H2,1H3;1-4H3;1H2/q;+1;/p-1. The second-order valence-corrected chi connectivity index (χ2v) is 11.5. The number of unbranched alkanes of at least 4 members (excludes halogenated alkanes) is 5. The molecule has 0 aromatic rings. The highest BCUT2D eigenvalue weighted by molar-refractivity contribution is 6.61. The lowest BCUT2D eigenvalue weighted by Gasteiger charge is -2.37. The zero-order chi connectivity index (χ0) is 29.3. The lowest BCUT2D eigenvalue weighted by Crippen LogP contribution is -2.62. The molecule has 0 aliphatic rings. The van der Waals surface area contributed by atoms with Gasteiger partial charge in [0.1, 0.15) is 0 Å². The SMILES string of the molecule is CCCCCCCC[Si](OC(F)(F)CF)(OC(F)(F)C(F)(F)F)OC(F)(F)C(F)(F)F.C[N+](C)(C)C.[OH-]. The second kappa shape index (κ2) is 15.0. The highest BCUT2D eigenvalue weighted by Crippen LogP contribution is 2.46. The van der Waals surface area contributed by atoms with Crippen molar-refractivity contribution in [3.8, 4) is 0 Å². The molecule has 0 unspecified atom stereocenters. The molecule has 0 aromatic carbocycles. The maximum atomic E-state index is 13.3. The van der Waals surface area contributed by atoms with Gasteiger partial charge in [0.05, 0.1) is 28.2 Å². The Hall–Kier alpha value is -0.893. The molecule has 0 bridgehead atoms. The fourth-order valence-electron chi connectivity index (χ4n) is 2.10. The minimum Gasteiger partial charge on any atom is -0.870 e. The number of hydrogen-bond donors (Lipinski definition) is 0. The first kappa shape index (κ1) is 40.6. The summed E-state index contributed by atoms with van der Waals surface area (Å²) in [6, 6.07) is -1.73. The molecule has 5 nitrogen and oxygen atoms in total. The third-order valence-electron chi connectivity index (χ3n) is 3.52. The van der Waals surface area contributed by atoms with Gasteiger partial charge in [-0.05, 0) is 6.42 Å². The number of hydrogen-bond acceptors (Lipinski definition) is 4. The van der Waals surface area contributed by atoms with Crippen molar-refractivity contribution in [2.45, 2.75) is 82.2 Å². The molecule has 0 saturated carbocycles. The van der Waals surface area contributed by atoms with E-state index in [1.807, 2.05) is 0 Å². The van der Waals surface area contributed by atoms with Crippen molar-refractivity contribution in [3.05, 3.63) is 0 Å². The Labute approximate surface area is 207 Å². The largest absolute Gasteiger partial charge is 0.870 e. The first-order chi connectivity index (χ1) is 15.7. The second-order valence-electron chi connectivity index (χ2n) is 8.99. The average molecular weight is 602 g/mol. The average Bonchev–Trinajstić information content (AvgIpc) is 2.60. The summed E-state index contributed by atoms with van der Waals surface area (Å²) in [5.74, 6) is 0. The van der Waals surface area contributed by atoms with Crippen molar-refractivity contribution >= 4 is 8.80 Å². The molecule has 1 N–H and O–H groups in total. The van der Waals surface area contributed by atoms with Gasteiger partial charge in [-0.1, -0.05) is 39.0 Å². The van der Waals surface area contributed by atoms with E-state index in [9.17, 15) is 57.1 Å². The maximum absolute atomic E-state index is 13.3. The molecule has 0 amide bonds. The molecule has 0 radical (unpaired) electrons. The van der Waals surface area contributed by atoms with Crippen molar-refractivity contribution in [1.29, 1.82) is 0 Å². The zero-order valence-electron chi connectivity index (χ0n) is 20.7. The van der Waals surface area contributed by atoms with Crippen LogP contribution in [-0.4, -0.2) is 84.3 Å². The van der Waals surface area contributed by atoms with Crippen molar-refractivity contribution in [2.24, 2.45) is 0 Å². The summed E-state index contributed by atoms with van der Waals surface area (Å²) in [4.78, 5) is 0. The van der Waals surface area contributed by atoms with Crippen molar-refractivity contribution in [1.82, 2.24) is 0 Å². The van der Waals surface area contributed by atoms with Gasteiger partial charge >= 0.3 is 39.5 Å². The molecule has 228 valence electrons. The van der Waals surface area contributed by atoms with Gasteiger partial charge in [-0.3, -0.25) is 0 Å². The number of quaternary nitrogens is 1. The summed E-state index contributed by atoms with van der Waals surface area (Å²) in [7, 11) is 1.56. The molecular formula is C18H32F13NO4Si. The van der Waals surface area contributed by atoms with Crippen LogP contribution in [0.1, 0.15) is 45.4 Å². The molecule has 0 aliphatic carbocycles. The van der Waals surface area contributed by atoms with Crippen LogP contribution in [0.4, 0.5) is 57.1 Å². The van der Waals surface area contributed by atoms with Crippen LogP contribution < -0.4 is 0 Å². The highest BCUT2D eigenvalue weighted by Gasteiger charge is 2.71. The van der Waals surface area contributed by atoms with E-state index in [-0.39, 0.29) is 18.3 Å². The number of rotatable bonds is 14. The molecule has 0 saturated heterocycles. The first-order valence-corrected chi connectivity index (χ1v) is 12.4. The maximum Gasteiger partial charge on any atom is 0.514 e. The molecule has 37 heavy (non-hydrogen) atoms. The molecule has 0 rings (SSSR count). The summed E-state index contributed by atoms with van der Waals surface area (Å²) >= 11 is 0. The summed E-state index contributed by atoms with van der Waals surface area (Å²) in [6.45, 7) is -1.19. The Balaban J connectivity index is -0.00000174. The Kier molecular flexibility index (Phi) is 16.5. The van der Waals surface area contributed by atoms with Crippen molar-refractivity contribution < 1.29 is 80.3 Å². The van der Waals surface area contributed by atoms with E-state index in [0.29, 0.717) is 19.3 Å². The number of alkyl halides is 13. The Morgan fingerprint density at radius 1 is 0.595 bits per heavy atom. The minimum atomic E-state index is -6.94. The van der Waals surface area contributed by atoms with Gasteiger partial charge in [0.2, 0.25) is 0 Å². The van der Waals surface area contributed by atoms with E-state index in [1.54, 1.807) is 6.92 Å². The zero-order valence-corrected chi connectivity index (χ0v) is 21.7. The van der Waals surface area contributed by atoms with Gasteiger partial charge in [0.15, 0.2) is 6.67 Å². The topological polar surface area (TPSA) is 57.7 Å². The fourth-order valence-corrected chi connectivity index (χ4v) is 4.73. The quantitative estimate of drug-likeness (QED) is 0.0904. The van der Waals surface area contributed by atoms with Gasteiger partial charge in [0, 0.05) is 6.04 Å². The van der Waals surface area contributed by atoms with Crippen LogP contribution in [0, 0.1) is 0 Å². The lowest BCUT2D eigenvalue weighted by molar-refractivity contribution is -0.849. The summed E-state index contributed by atoms with van der Waals surface area (Å²) in [5, 5.41) is 0. The van der Waals surface area contributed by atoms with Crippen LogP contribution in [0.15, 0.2) is 0 Å². The Bertz CT molecular complexity index is 592.